The summed E-state index contributed by atoms with van der Waals surface area (Å²) in [5.41, 5.74) is 0. The Kier molecular flexibility index (Phi) is 2.79. The van der Waals surface area contributed by atoms with Gasteiger partial charge in [-0.25, -0.2) is 4.79 Å². The molecule has 0 aromatic heterocycles. The van der Waals surface area contributed by atoms with Gasteiger partial charge in [0.1, 0.15) is 0 Å². The van der Waals surface area contributed by atoms with Crippen LogP contribution < -0.4 is 0 Å². The van der Waals surface area contributed by atoms with Crippen molar-refractivity contribution in [2.45, 2.75) is 25.0 Å². The van der Waals surface area contributed by atoms with Crippen molar-refractivity contribution in [1.29, 1.82) is 5.26 Å². The maximum absolute atomic E-state index is 9.83. The molecule has 1 aliphatic rings. The third kappa shape index (κ3) is 1.87. The topological polar surface area (TPSA) is 62.5 Å². The summed E-state index contributed by atoms with van der Waals surface area (Å²) in [5.74, 6) is 0. The first-order valence-electron chi connectivity index (χ1n) is 3.46. The lowest BCUT2D eigenvalue weighted by Crippen LogP contribution is -2.21. The van der Waals surface area contributed by atoms with Crippen molar-refractivity contribution in [3.05, 3.63) is 0 Å². The molecule has 0 aliphatic carbocycles. The smallest absolute Gasteiger partial charge is 0.236 e. The average Bonchev–Trinajstić information content (AvgIpc) is 2.52. The molecule has 1 heterocycles. The number of rotatable bonds is 2. The summed E-state index contributed by atoms with van der Waals surface area (Å²) in [6, 6.07) is 1.23. The third-order valence-corrected chi connectivity index (χ3v) is 1.64. The van der Waals surface area contributed by atoms with Crippen LogP contribution in [0.15, 0.2) is 4.99 Å². The summed E-state index contributed by atoms with van der Waals surface area (Å²) >= 11 is 0. The highest BCUT2D eigenvalue weighted by Gasteiger charge is 2.25. The summed E-state index contributed by atoms with van der Waals surface area (Å²) in [4.78, 5) is 13.2. The Morgan fingerprint density at radius 2 is 2.55 bits per heavy atom. The second-order valence-corrected chi connectivity index (χ2v) is 2.35. The first kappa shape index (κ1) is 7.93. The number of aliphatic imine (C=N–C) groups is 1. The van der Waals surface area contributed by atoms with E-state index in [-0.39, 0.29) is 6.10 Å². The molecule has 0 radical (unpaired) electrons. The molecule has 1 rings (SSSR count). The average molecular weight is 152 g/mol. The van der Waals surface area contributed by atoms with Gasteiger partial charge < -0.3 is 4.74 Å². The van der Waals surface area contributed by atoms with Crippen molar-refractivity contribution in [2.24, 2.45) is 4.99 Å². The molecule has 1 aliphatic heterocycles. The van der Waals surface area contributed by atoms with Crippen LogP contribution in [0.4, 0.5) is 0 Å². The predicted molar refractivity (Wildman–Crippen MR) is 36.5 cm³/mol. The number of isocyanates is 1. The molecule has 11 heavy (non-hydrogen) atoms. The highest BCUT2D eigenvalue weighted by Crippen LogP contribution is 2.16. The first-order valence-corrected chi connectivity index (χ1v) is 3.46. The normalized spacial score (nSPS) is 25.2. The van der Waals surface area contributed by atoms with E-state index in [0.29, 0.717) is 6.61 Å². The van der Waals surface area contributed by atoms with E-state index in [1.165, 1.54) is 6.08 Å². The van der Waals surface area contributed by atoms with Crippen LogP contribution in [0, 0.1) is 11.3 Å². The van der Waals surface area contributed by atoms with E-state index in [1.807, 2.05) is 6.07 Å². The minimum atomic E-state index is -0.657. The molecule has 0 saturated carbocycles. The molecule has 0 spiro atoms. The van der Waals surface area contributed by atoms with Gasteiger partial charge in [-0.3, -0.25) is 0 Å². The van der Waals surface area contributed by atoms with E-state index in [2.05, 4.69) is 4.99 Å². The Hall–Kier alpha value is -1.17. The van der Waals surface area contributed by atoms with Gasteiger partial charge in [0.15, 0.2) is 6.04 Å². The molecule has 2 atom stereocenters. The lowest BCUT2D eigenvalue weighted by atomic mass is 10.1. The minimum Gasteiger partial charge on any atom is -0.375 e. The van der Waals surface area contributed by atoms with Gasteiger partial charge in [0.05, 0.1) is 12.2 Å². The van der Waals surface area contributed by atoms with E-state index in [0.717, 1.165) is 12.8 Å². The zero-order valence-corrected chi connectivity index (χ0v) is 5.99. The number of hydrogen-bond acceptors (Lipinski definition) is 4. The fraction of sp³-hybridized carbons (Fsp3) is 0.714. The van der Waals surface area contributed by atoms with Crippen LogP contribution >= 0.6 is 0 Å². The SMILES string of the molecule is N#CC(N=C=O)C1CCCO1. The summed E-state index contributed by atoms with van der Waals surface area (Å²) in [5, 5.41) is 8.51. The van der Waals surface area contributed by atoms with Crippen molar-refractivity contribution in [3.63, 3.8) is 0 Å². The number of nitrogens with zero attached hydrogens (tertiary/aromatic N) is 2. The molecule has 58 valence electrons. The quantitative estimate of drug-likeness (QED) is 0.424. The van der Waals surface area contributed by atoms with Crippen LogP contribution in [0.1, 0.15) is 12.8 Å². The van der Waals surface area contributed by atoms with Crippen LogP contribution in [-0.4, -0.2) is 24.8 Å². The Morgan fingerprint density at radius 1 is 1.73 bits per heavy atom. The maximum atomic E-state index is 9.83. The number of hydrogen-bond donors (Lipinski definition) is 0. The highest BCUT2D eigenvalue weighted by molar-refractivity contribution is 5.35. The largest absolute Gasteiger partial charge is 0.375 e. The van der Waals surface area contributed by atoms with Gasteiger partial charge in [-0.15, -0.1) is 0 Å². The van der Waals surface area contributed by atoms with Gasteiger partial charge in [0.2, 0.25) is 6.08 Å². The number of ether oxygens (including phenoxy) is 1. The fourth-order valence-electron chi connectivity index (χ4n) is 1.10. The van der Waals surface area contributed by atoms with Gasteiger partial charge in [-0.1, -0.05) is 0 Å². The molecule has 2 unspecified atom stereocenters. The van der Waals surface area contributed by atoms with Crippen molar-refractivity contribution >= 4 is 6.08 Å². The van der Waals surface area contributed by atoms with Crippen LogP contribution in [0.5, 0.6) is 0 Å². The molecule has 1 fully saturated rings. The second kappa shape index (κ2) is 3.87. The van der Waals surface area contributed by atoms with Gasteiger partial charge in [-0.2, -0.15) is 10.3 Å². The lowest BCUT2D eigenvalue weighted by molar-refractivity contribution is 0.103. The van der Waals surface area contributed by atoms with Crippen molar-refractivity contribution in [1.82, 2.24) is 0 Å². The number of nitriles is 1. The monoisotopic (exact) mass is 152 g/mol. The number of carbonyl (C=O) groups excluding carboxylic acids is 1. The highest BCUT2D eigenvalue weighted by atomic mass is 16.5. The predicted octanol–water partition coefficient (Wildman–Crippen LogP) is 0.393. The summed E-state index contributed by atoms with van der Waals surface area (Å²) in [7, 11) is 0. The fourth-order valence-corrected chi connectivity index (χ4v) is 1.10. The summed E-state index contributed by atoms with van der Waals surface area (Å²) < 4.78 is 5.16. The van der Waals surface area contributed by atoms with Gasteiger partial charge in [0.25, 0.3) is 0 Å². The van der Waals surface area contributed by atoms with E-state index in [9.17, 15) is 4.79 Å². The zero-order chi connectivity index (χ0) is 8.10. The van der Waals surface area contributed by atoms with Crippen molar-refractivity contribution < 1.29 is 9.53 Å². The van der Waals surface area contributed by atoms with Gasteiger partial charge in [-0.05, 0) is 12.8 Å². The van der Waals surface area contributed by atoms with Crippen molar-refractivity contribution in [3.8, 4) is 6.07 Å². The Balaban J connectivity index is 2.55. The van der Waals surface area contributed by atoms with Crippen LogP contribution in [0.2, 0.25) is 0 Å². The second-order valence-electron chi connectivity index (χ2n) is 2.35. The summed E-state index contributed by atoms with van der Waals surface area (Å²) in [6.45, 7) is 0.664. The molecule has 0 bridgehead atoms. The lowest BCUT2D eigenvalue weighted by Gasteiger charge is -2.08. The zero-order valence-electron chi connectivity index (χ0n) is 5.99. The maximum Gasteiger partial charge on any atom is 0.236 e. The molecule has 0 N–H and O–H groups in total. The molecule has 4 nitrogen and oxygen atoms in total. The molecule has 0 aromatic rings. The van der Waals surface area contributed by atoms with E-state index in [1.54, 1.807) is 0 Å². The van der Waals surface area contributed by atoms with Gasteiger partial charge >= 0.3 is 0 Å². The Labute approximate surface area is 64.5 Å². The standard InChI is InChI=1S/C7H8N2O2/c8-4-6(9-5-10)7-2-1-3-11-7/h6-7H,1-3H2. The Morgan fingerprint density at radius 3 is 3.00 bits per heavy atom. The molecule has 1 saturated heterocycles. The van der Waals surface area contributed by atoms with E-state index in [4.69, 9.17) is 10.00 Å². The van der Waals surface area contributed by atoms with E-state index >= 15 is 0 Å². The molecule has 4 heteroatoms. The molecule has 0 aromatic carbocycles. The van der Waals surface area contributed by atoms with E-state index < -0.39 is 6.04 Å². The Bertz CT molecular complexity index is 209. The molecule has 0 amide bonds. The van der Waals surface area contributed by atoms with Crippen molar-refractivity contribution in [2.75, 3.05) is 6.61 Å². The van der Waals surface area contributed by atoms with Gasteiger partial charge in [0, 0.05) is 6.61 Å². The minimum absolute atomic E-state index is 0.193. The molecular weight excluding hydrogens is 144 g/mol. The van der Waals surface area contributed by atoms with Crippen LogP contribution in [-0.2, 0) is 9.53 Å². The van der Waals surface area contributed by atoms with Crippen LogP contribution in [0.25, 0.3) is 0 Å². The molecular formula is C7H8N2O2. The van der Waals surface area contributed by atoms with Crippen LogP contribution in [0.3, 0.4) is 0 Å². The first-order chi connectivity index (χ1) is 5.38. The third-order valence-electron chi connectivity index (χ3n) is 1.64. The summed E-state index contributed by atoms with van der Waals surface area (Å²) in [6.07, 6.45) is 2.93.